The van der Waals surface area contributed by atoms with Crippen LogP contribution >= 0.6 is 0 Å². The Morgan fingerprint density at radius 1 is 1.14 bits per heavy atom. The number of alkyl halides is 5. The maximum Gasteiger partial charge on any atom is 0.379 e. The van der Waals surface area contributed by atoms with Crippen molar-refractivity contribution in [3.8, 4) is 11.3 Å². The van der Waals surface area contributed by atoms with Crippen LogP contribution in [0, 0.1) is 6.92 Å². The van der Waals surface area contributed by atoms with E-state index in [9.17, 15) is 31.5 Å². The van der Waals surface area contributed by atoms with E-state index in [1.165, 1.54) is 12.5 Å². The molecule has 0 aromatic carbocycles. The minimum atomic E-state index is -3.67. The number of rotatable bonds is 5. The van der Waals surface area contributed by atoms with E-state index >= 15 is 0 Å². The van der Waals surface area contributed by atoms with Gasteiger partial charge in [0.2, 0.25) is 11.8 Å². The van der Waals surface area contributed by atoms with Crippen molar-refractivity contribution in [1.82, 2.24) is 15.3 Å². The molecule has 35 heavy (non-hydrogen) atoms. The highest BCUT2D eigenvalue weighted by molar-refractivity contribution is 5.78. The molecule has 2 aromatic rings. The molecule has 2 heterocycles. The van der Waals surface area contributed by atoms with Gasteiger partial charge >= 0.3 is 6.68 Å². The van der Waals surface area contributed by atoms with Crippen LogP contribution in [-0.4, -0.2) is 35.5 Å². The maximum absolute atomic E-state index is 13.4. The summed E-state index contributed by atoms with van der Waals surface area (Å²) in [6.07, 6.45) is 7.07. The number of aromatic amines is 1. The Balaban J connectivity index is 0.000000795. The molecule has 0 saturated heterocycles. The van der Waals surface area contributed by atoms with Crippen molar-refractivity contribution >= 4 is 5.91 Å². The molecular formula is C25H30F5N3O2. The number of nitrogens with one attached hydrogen (secondary N) is 2. The number of carbonyl (C=O) groups is 1. The highest BCUT2D eigenvalue weighted by atomic mass is 19.4. The highest BCUT2D eigenvalue weighted by Gasteiger charge is 2.46. The average Bonchev–Trinajstić information content (AvgIpc) is 2.79. The molecule has 5 nitrogen and oxygen atoms in total. The Labute approximate surface area is 200 Å². The number of hydrogen-bond acceptors (Lipinski definition) is 3. The molecule has 0 aliphatic heterocycles. The van der Waals surface area contributed by atoms with Gasteiger partial charge in [0, 0.05) is 60.6 Å². The molecule has 2 N–H and O–H groups in total. The fourth-order valence-electron chi connectivity index (χ4n) is 4.89. The van der Waals surface area contributed by atoms with E-state index in [0.717, 1.165) is 42.5 Å². The first-order valence-electron chi connectivity index (χ1n) is 11.7. The molecule has 0 bridgehead atoms. The van der Waals surface area contributed by atoms with E-state index in [2.05, 4.69) is 15.3 Å². The van der Waals surface area contributed by atoms with Gasteiger partial charge in [-0.3, -0.25) is 14.6 Å². The summed E-state index contributed by atoms with van der Waals surface area (Å²) in [6.45, 7) is -1.87. The van der Waals surface area contributed by atoms with Crippen LogP contribution in [0.25, 0.3) is 11.3 Å². The van der Waals surface area contributed by atoms with Crippen LogP contribution in [0.3, 0.4) is 0 Å². The quantitative estimate of drug-likeness (QED) is 0.513. The van der Waals surface area contributed by atoms with Gasteiger partial charge in [-0.05, 0) is 37.3 Å². The summed E-state index contributed by atoms with van der Waals surface area (Å²) in [5.41, 5.74) is 4.26. The van der Waals surface area contributed by atoms with Gasteiger partial charge in [0.05, 0.1) is 12.1 Å². The predicted molar refractivity (Wildman–Crippen MR) is 123 cm³/mol. The molecule has 0 atom stereocenters. The van der Waals surface area contributed by atoms with Gasteiger partial charge in [0.15, 0.2) is 5.43 Å². The van der Waals surface area contributed by atoms with E-state index in [4.69, 9.17) is 0 Å². The summed E-state index contributed by atoms with van der Waals surface area (Å²) in [6, 6.07) is 3.53. The molecular weight excluding hydrogens is 469 g/mol. The fraction of sp³-hybridized carbons (Fsp3) is 0.560. The van der Waals surface area contributed by atoms with Crippen LogP contribution in [0.15, 0.2) is 23.1 Å². The Hall–Kier alpha value is -2.78. The summed E-state index contributed by atoms with van der Waals surface area (Å²) < 4.78 is 55.8. The number of nitrogens with zero attached hydrogens (tertiary/aromatic N) is 1. The van der Waals surface area contributed by atoms with Gasteiger partial charge in [0.1, 0.15) is 0 Å². The van der Waals surface area contributed by atoms with Crippen molar-refractivity contribution in [2.75, 3.05) is 7.05 Å². The molecule has 10 heteroatoms. The van der Waals surface area contributed by atoms with Crippen LogP contribution < -0.4 is 10.7 Å². The third-order valence-corrected chi connectivity index (χ3v) is 6.76. The van der Waals surface area contributed by atoms with Crippen molar-refractivity contribution in [2.24, 2.45) is 0 Å². The van der Waals surface area contributed by atoms with Crippen LogP contribution in [0.1, 0.15) is 79.3 Å². The average molecular weight is 500 g/mol. The van der Waals surface area contributed by atoms with E-state index in [1.54, 1.807) is 20.2 Å². The number of hydrogen-bond donors (Lipinski definition) is 2. The van der Waals surface area contributed by atoms with Crippen molar-refractivity contribution in [1.29, 1.82) is 0 Å². The Morgan fingerprint density at radius 2 is 1.77 bits per heavy atom. The van der Waals surface area contributed by atoms with Crippen molar-refractivity contribution in [2.45, 2.75) is 82.7 Å². The lowest BCUT2D eigenvalue weighted by atomic mass is 9.76. The monoisotopic (exact) mass is 499 g/mol. The molecule has 1 amide bonds. The van der Waals surface area contributed by atoms with Gasteiger partial charge in [-0.2, -0.15) is 13.2 Å². The number of H-pyrrole nitrogens is 1. The number of pyridine rings is 2. The lowest BCUT2D eigenvalue weighted by Gasteiger charge is -2.35. The molecule has 0 spiro atoms. The largest absolute Gasteiger partial charge is 0.379 e. The first-order valence-corrected chi connectivity index (χ1v) is 11.7. The predicted octanol–water partition coefficient (Wildman–Crippen LogP) is 5.77. The first kappa shape index (κ1) is 26.8. The summed E-state index contributed by atoms with van der Waals surface area (Å²) in [7, 11) is 1.54. The highest BCUT2D eigenvalue weighted by Crippen LogP contribution is 2.49. The summed E-state index contributed by atoms with van der Waals surface area (Å²) in [5.74, 6) is -2.67. The molecule has 2 aliphatic rings. The minimum absolute atomic E-state index is 0.0283. The van der Waals surface area contributed by atoms with E-state index < -0.39 is 12.6 Å². The van der Waals surface area contributed by atoms with Crippen LogP contribution in [0.4, 0.5) is 22.0 Å². The first-order chi connectivity index (χ1) is 16.5. The van der Waals surface area contributed by atoms with E-state index in [-0.39, 0.29) is 36.5 Å². The maximum atomic E-state index is 13.4. The zero-order chi connectivity index (χ0) is 25.8. The summed E-state index contributed by atoms with van der Waals surface area (Å²) in [4.78, 5) is 32.3. The van der Waals surface area contributed by atoms with Gasteiger partial charge in [-0.1, -0.05) is 19.3 Å². The molecule has 4 rings (SSSR count). The molecule has 2 saturated carbocycles. The smallest absolute Gasteiger partial charge is 0.359 e. The lowest BCUT2D eigenvalue weighted by molar-refractivity contribution is -0.120. The molecule has 192 valence electrons. The second-order valence-corrected chi connectivity index (χ2v) is 9.24. The number of aromatic nitrogens is 2. The topological polar surface area (TPSA) is 74.8 Å². The standard InChI is InChI=1S/C24H29F2N3O2.CHF3/c1-14-17(9-23(31)27-2)22(30)10-21(29-14)19-13-28-20(16-11-24(25,26)12-16)8-18(19)15-6-4-3-5-7-15;2-1(3)4/h8,10,13,15-16H,3-7,9,11-12H2,1-2H3,(H,27,31)(H,29,30);1H. The van der Waals surface area contributed by atoms with Crippen molar-refractivity contribution in [3.05, 3.63) is 51.1 Å². The fourth-order valence-corrected chi connectivity index (χ4v) is 4.89. The molecule has 2 aromatic heterocycles. The second-order valence-electron chi connectivity index (χ2n) is 9.24. The van der Waals surface area contributed by atoms with Crippen molar-refractivity contribution in [3.63, 3.8) is 0 Å². The third kappa shape index (κ3) is 6.89. The Bertz CT molecular complexity index is 1090. The van der Waals surface area contributed by atoms with E-state index in [0.29, 0.717) is 22.9 Å². The second kappa shape index (κ2) is 11.3. The van der Waals surface area contributed by atoms with Crippen LogP contribution in [0.2, 0.25) is 0 Å². The molecule has 2 fully saturated rings. The van der Waals surface area contributed by atoms with Crippen LogP contribution in [0.5, 0.6) is 0 Å². The minimum Gasteiger partial charge on any atom is -0.359 e. The normalized spacial score (nSPS) is 17.9. The number of aryl methyl sites for hydroxylation is 1. The summed E-state index contributed by atoms with van der Waals surface area (Å²) in [5, 5.41) is 2.54. The Kier molecular flexibility index (Phi) is 8.66. The molecule has 0 unspecified atom stereocenters. The number of carbonyl (C=O) groups excluding carboxylic acids is 1. The Morgan fingerprint density at radius 3 is 2.31 bits per heavy atom. The van der Waals surface area contributed by atoms with Crippen LogP contribution in [-0.2, 0) is 11.2 Å². The SMILES string of the molecule is CNC(=O)Cc1c(C)[nH]c(-c2cnc(C3CC(F)(F)C3)cc2C2CCCCC2)cc1=O.FC(F)F. The van der Waals surface area contributed by atoms with Gasteiger partial charge in [-0.25, -0.2) is 8.78 Å². The zero-order valence-electron chi connectivity index (χ0n) is 19.8. The van der Waals surface area contributed by atoms with Gasteiger partial charge < -0.3 is 10.3 Å². The van der Waals surface area contributed by atoms with E-state index in [1.807, 2.05) is 6.07 Å². The van der Waals surface area contributed by atoms with Gasteiger partial charge in [0.25, 0.3) is 0 Å². The number of likely N-dealkylation sites (N-methyl/N-ethyl adjacent to an activating group) is 1. The third-order valence-electron chi connectivity index (χ3n) is 6.76. The van der Waals surface area contributed by atoms with Gasteiger partial charge in [-0.15, -0.1) is 0 Å². The zero-order valence-corrected chi connectivity index (χ0v) is 19.8. The number of halogens is 5. The number of amides is 1. The lowest BCUT2D eigenvalue weighted by Crippen LogP contribution is -2.34. The molecule has 2 aliphatic carbocycles. The van der Waals surface area contributed by atoms with Crippen molar-refractivity contribution < 1.29 is 26.7 Å². The molecule has 0 radical (unpaired) electrons. The summed E-state index contributed by atoms with van der Waals surface area (Å²) >= 11 is 0.